The highest BCUT2D eigenvalue weighted by Crippen LogP contribution is 2.47. The molecule has 4 rings (SSSR count). The van der Waals surface area contributed by atoms with E-state index in [2.05, 4.69) is 21.4 Å². The Morgan fingerprint density at radius 3 is 2.47 bits per heavy atom. The monoisotopic (exact) mass is 425 g/mol. The summed E-state index contributed by atoms with van der Waals surface area (Å²) in [7, 11) is 0. The number of hydrogen-bond acceptors (Lipinski definition) is 6. The summed E-state index contributed by atoms with van der Waals surface area (Å²) in [6.45, 7) is 2.56. The van der Waals surface area contributed by atoms with Crippen molar-refractivity contribution in [3.63, 3.8) is 0 Å². The molecule has 1 saturated carbocycles. The second kappa shape index (κ2) is 9.75. The van der Waals surface area contributed by atoms with E-state index in [0.29, 0.717) is 17.9 Å². The van der Waals surface area contributed by atoms with Crippen LogP contribution in [0.2, 0.25) is 0 Å². The molecular weight excluding hydrogens is 403 g/mol. The number of halogens is 3. The Morgan fingerprint density at radius 2 is 1.87 bits per heavy atom. The van der Waals surface area contributed by atoms with Crippen LogP contribution in [0.3, 0.4) is 0 Å². The number of aliphatic carboxylic acids is 1. The number of nitrogens with one attached hydrogen (secondary N) is 1. The molecule has 3 heterocycles. The van der Waals surface area contributed by atoms with Crippen molar-refractivity contribution in [2.45, 2.75) is 31.0 Å². The van der Waals surface area contributed by atoms with Crippen molar-refractivity contribution in [3.8, 4) is 11.5 Å². The van der Waals surface area contributed by atoms with Crippen LogP contribution in [0.4, 0.5) is 13.2 Å². The standard InChI is InChI=1S/C18H21N3O2.C2HF3O2/c1-2-16(9-19-4-1)22-11-14-7-18(14)13-6-17(10-20-8-13)23-12-15-3-5-21-15;3-2(4,5)1(6)7/h1-2,4,6,8-10,14-15,18,21H,3,5,7,11-12H2;(H,6,7)/t14-,15+,18-;/m1./s1. The topological polar surface area (TPSA) is 93.6 Å². The van der Waals surface area contributed by atoms with E-state index in [0.717, 1.165) is 37.7 Å². The second-order valence-corrected chi connectivity index (χ2v) is 7.11. The number of hydrogen-bond donors (Lipinski definition) is 2. The number of nitrogens with zero attached hydrogens (tertiary/aromatic N) is 2. The van der Waals surface area contributed by atoms with Crippen LogP contribution in [0.15, 0.2) is 43.0 Å². The van der Waals surface area contributed by atoms with Crippen LogP contribution in [0.1, 0.15) is 24.3 Å². The van der Waals surface area contributed by atoms with Gasteiger partial charge in [-0.25, -0.2) is 4.79 Å². The van der Waals surface area contributed by atoms with E-state index >= 15 is 0 Å². The Hall–Kier alpha value is -2.88. The molecule has 0 unspecified atom stereocenters. The first-order chi connectivity index (χ1) is 14.3. The maximum absolute atomic E-state index is 10.6. The Bertz CT molecular complexity index is 832. The highest BCUT2D eigenvalue weighted by atomic mass is 19.4. The summed E-state index contributed by atoms with van der Waals surface area (Å²) >= 11 is 0. The zero-order valence-corrected chi connectivity index (χ0v) is 16.0. The van der Waals surface area contributed by atoms with Crippen LogP contribution in [0.25, 0.3) is 0 Å². The number of carboxylic acid groups (broad SMARTS) is 1. The maximum atomic E-state index is 10.6. The number of rotatable bonds is 7. The van der Waals surface area contributed by atoms with Crippen LogP contribution in [-0.2, 0) is 4.79 Å². The first kappa shape index (κ1) is 21.8. The van der Waals surface area contributed by atoms with Crippen molar-refractivity contribution >= 4 is 5.97 Å². The highest BCUT2D eigenvalue weighted by Gasteiger charge is 2.39. The van der Waals surface area contributed by atoms with Gasteiger partial charge in [-0.05, 0) is 49.1 Å². The van der Waals surface area contributed by atoms with Crippen molar-refractivity contribution in [1.82, 2.24) is 15.3 Å². The molecule has 3 atom stereocenters. The zero-order chi connectivity index (χ0) is 21.6. The van der Waals surface area contributed by atoms with Gasteiger partial charge < -0.3 is 19.9 Å². The summed E-state index contributed by atoms with van der Waals surface area (Å²) in [5.74, 6) is 0.0361. The molecule has 2 aromatic rings. The van der Waals surface area contributed by atoms with Gasteiger partial charge in [-0.3, -0.25) is 9.97 Å². The third-order valence-corrected chi connectivity index (χ3v) is 4.80. The van der Waals surface area contributed by atoms with Gasteiger partial charge in [-0.1, -0.05) is 0 Å². The maximum Gasteiger partial charge on any atom is 0.490 e. The molecule has 7 nitrogen and oxygen atoms in total. The summed E-state index contributed by atoms with van der Waals surface area (Å²) in [5.41, 5.74) is 1.25. The van der Waals surface area contributed by atoms with Crippen molar-refractivity contribution in [2.24, 2.45) is 5.92 Å². The van der Waals surface area contributed by atoms with Crippen LogP contribution < -0.4 is 14.8 Å². The Labute approximate surface area is 171 Å². The molecule has 1 aliphatic carbocycles. The normalized spacial score (nSPS) is 22.2. The van der Waals surface area contributed by atoms with E-state index in [-0.39, 0.29) is 0 Å². The smallest absolute Gasteiger partial charge is 0.490 e. The molecule has 1 aliphatic heterocycles. The molecule has 1 saturated heterocycles. The van der Waals surface area contributed by atoms with Crippen LogP contribution >= 0.6 is 0 Å². The van der Waals surface area contributed by atoms with E-state index in [1.807, 2.05) is 18.3 Å². The van der Waals surface area contributed by atoms with Gasteiger partial charge >= 0.3 is 12.1 Å². The third kappa shape index (κ3) is 6.58. The van der Waals surface area contributed by atoms with Crippen molar-refractivity contribution < 1.29 is 32.5 Å². The van der Waals surface area contributed by atoms with Crippen molar-refractivity contribution in [1.29, 1.82) is 0 Å². The lowest BCUT2D eigenvalue weighted by Gasteiger charge is -2.27. The van der Waals surface area contributed by atoms with Gasteiger partial charge in [0.25, 0.3) is 0 Å². The summed E-state index contributed by atoms with van der Waals surface area (Å²) in [4.78, 5) is 17.3. The third-order valence-electron chi connectivity index (χ3n) is 4.80. The first-order valence-corrected chi connectivity index (χ1v) is 9.47. The number of aromatic nitrogens is 2. The molecule has 2 N–H and O–H groups in total. The van der Waals surface area contributed by atoms with E-state index < -0.39 is 12.1 Å². The van der Waals surface area contributed by atoms with Gasteiger partial charge in [-0.15, -0.1) is 0 Å². The molecule has 0 aromatic carbocycles. The number of ether oxygens (including phenoxy) is 2. The molecule has 10 heteroatoms. The van der Waals surface area contributed by atoms with Gasteiger partial charge in [0.15, 0.2) is 0 Å². The fourth-order valence-corrected chi connectivity index (χ4v) is 2.88. The number of carboxylic acids is 1. The lowest BCUT2D eigenvalue weighted by Crippen LogP contribution is -2.46. The van der Waals surface area contributed by atoms with Gasteiger partial charge in [0.2, 0.25) is 0 Å². The van der Waals surface area contributed by atoms with Crippen LogP contribution in [-0.4, -0.2) is 53.0 Å². The molecule has 0 bridgehead atoms. The molecule has 0 radical (unpaired) electrons. The highest BCUT2D eigenvalue weighted by molar-refractivity contribution is 5.73. The zero-order valence-electron chi connectivity index (χ0n) is 16.0. The molecule has 0 amide bonds. The van der Waals surface area contributed by atoms with Crippen molar-refractivity contribution in [2.75, 3.05) is 19.8 Å². The fourth-order valence-electron chi connectivity index (χ4n) is 2.88. The van der Waals surface area contributed by atoms with Crippen LogP contribution in [0, 0.1) is 5.92 Å². The summed E-state index contributed by atoms with van der Waals surface area (Å²) in [6.07, 6.45) is 4.51. The lowest BCUT2D eigenvalue weighted by molar-refractivity contribution is -0.192. The Morgan fingerprint density at radius 1 is 1.17 bits per heavy atom. The molecule has 30 heavy (non-hydrogen) atoms. The predicted octanol–water partition coefficient (Wildman–Crippen LogP) is 3.03. The fraction of sp³-hybridized carbons (Fsp3) is 0.450. The van der Waals surface area contributed by atoms with Gasteiger partial charge in [0.05, 0.1) is 19.0 Å². The van der Waals surface area contributed by atoms with E-state index in [1.165, 1.54) is 12.0 Å². The number of pyridine rings is 2. The Balaban J connectivity index is 0.000000318. The van der Waals surface area contributed by atoms with Gasteiger partial charge in [0, 0.05) is 24.4 Å². The second-order valence-electron chi connectivity index (χ2n) is 7.11. The average molecular weight is 425 g/mol. The van der Waals surface area contributed by atoms with Gasteiger partial charge in [-0.2, -0.15) is 13.2 Å². The molecule has 162 valence electrons. The van der Waals surface area contributed by atoms with Gasteiger partial charge in [0.1, 0.15) is 18.1 Å². The summed E-state index contributed by atoms with van der Waals surface area (Å²) in [6, 6.07) is 6.46. The van der Waals surface area contributed by atoms with Crippen LogP contribution in [0.5, 0.6) is 11.5 Å². The lowest BCUT2D eigenvalue weighted by atomic mass is 10.1. The number of alkyl halides is 3. The summed E-state index contributed by atoms with van der Waals surface area (Å²) in [5, 5.41) is 10.5. The minimum absolute atomic E-state index is 0.500. The molecule has 2 aliphatic rings. The molecule has 2 aromatic heterocycles. The first-order valence-electron chi connectivity index (χ1n) is 9.47. The number of carbonyl (C=O) groups is 1. The van der Waals surface area contributed by atoms with E-state index in [4.69, 9.17) is 19.4 Å². The molecule has 2 fully saturated rings. The Kier molecular flexibility index (Phi) is 7.09. The van der Waals surface area contributed by atoms with Crippen molar-refractivity contribution in [3.05, 3.63) is 48.5 Å². The molecule has 0 spiro atoms. The SMILES string of the molecule is O=C(O)C(F)(F)F.c1cncc(OC[C@H]2C[C@@H]2c2cncc(OC[C@@H]3CCN3)c2)c1. The van der Waals surface area contributed by atoms with E-state index in [9.17, 15) is 13.2 Å². The van der Waals surface area contributed by atoms with E-state index in [1.54, 1.807) is 18.6 Å². The largest absolute Gasteiger partial charge is 0.492 e. The minimum atomic E-state index is -5.08. The minimum Gasteiger partial charge on any atom is -0.492 e. The predicted molar refractivity (Wildman–Crippen MR) is 100 cm³/mol. The summed E-state index contributed by atoms with van der Waals surface area (Å²) < 4.78 is 43.4. The molecular formula is C20H22F3N3O4. The quantitative estimate of drug-likeness (QED) is 0.704. The average Bonchev–Trinajstić information content (AvgIpc) is 3.46.